The Hall–Kier alpha value is -2.08. The Balaban J connectivity index is 1.92. The maximum atomic E-state index is 11.8. The molecule has 0 unspecified atom stereocenters. The van der Waals surface area contributed by atoms with Crippen LogP contribution in [0, 0.1) is 0 Å². The van der Waals surface area contributed by atoms with Gasteiger partial charge in [0, 0.05) is 0 Å². The fraction of sp³-hybridized carbons (Fsp3) is 0.467. The Morgan fingerprint density at radius 2 is 1.90 bits per heavy atom. The third-order valence-electron chi connectivity index (χ3n) is 3.39. The number of nitrogens with one attached hydrogen (secondary N) is 2. The summed E-state index contributed by atoms with van der Waals surface area (Å²) >= 11 is 0. The molecule has 0 atom stereocenters. The summed E-state index contributed by atoms with van der Waals surface area (Å²) in [6.07, 6.45) is 4.69. The summed E-state index contributed by atoms with van der Waals surface area (Å²) in [5.41, 5.74) is 5.78. The minimum atomic E-state index is -0.361. The lowest BCUT2D eigenvalue weighted by atomic mass is 10.2. The number of ether oxygens (including phenoxy) is 1. The molecule has 0 bridgehead atoms. The Labute approximate surface area is 124 Å². The van der Waals surface area contributed by atoms with E-state index in [0.717, 1.165) is 12.8 Å². The van der Waals surface area contributed by atoms with Crippen LogP contribution in [0.25, 0.3) is 0 Å². The van der Waals surface area contributed by atoms with Gasteiger partial charge < -0.3 is 21.1 Å². The first kappa shape index (κ1) is 15.3. The van der Waals surface area contributed by atoms with Crippen LogP contribution in [0.4, 0.5) is 5.69 Å². The van der Waals surface area contributed by atoms with E-state index < -0.39 is 0 Å². The zero-order valence-electron chi connectivity index (χ0n) is 11.9. The van der Waals surface area contributed by atoms with Crippen molar-refractivity contribution < 1.29 is 14.3 Å². The van der Waals surface area contributed by atoms with E-state index >= 15 is 0 Å². The lowest BCUT2D eigenvalue weighted by molar-refractivity contribution is -0.123. The van der Waals surface area contributed by atoms with Gasteiger partial charge in [-0.25, -0.2) is 0 Å². The van der Waals surface area contributed by atoms with Crippen molar-refractivity contribution >= 4 is 17.5 Å². The van der Waals surface area contributed by atoms with Crippen LogP contribution in [0.15, 0.2) is 24.3 Å². The van der Waals surface area contributed by atoms with Gasteiger partial charge in [-0.15, -0.1) is 0 Å². The summed E-state index contributed by atoms with van der Waals surface area (Å²) < 4.78 is 5.93. The molecule has 0 radical (unpaired) electrons. The van der Waals surface area contributed by atoms with Gasteiger partial charge >= 0.3 is 0 Å². The predicted octanol–water partition coefficient (Wildman–Crippen LogP) is 1.02. The van der Waals surface area contributed by atoms with Crippen molar-refractivity contribution in [3.63, 3.8) is 0 Å². The molecule has 1 saturated carbocycles. The third-order valence-corrected chi connectivity index (χ3v) is 3.39. The van der Waals surface area contributed by atoms with Crippen molar-refractivity contribution in [2.45, 2.75) is 31.8 Å². The van der Waals surface area contributed by atoms with Crippen LogP contribution in [0.2, 0.25) is 0 Å². The molecule has 2 rings (SSSR count). The van der Waals surface area contributed by atoms with Gasteiger partial charge in [-0.3, -0.25) is 9.59 Å². The molecule has 0 saturated heterocycles. The van der Waals surface area contributed by atoms with E-state index in [1.807, 2.05) is 18.2 Å². The summed E-state index contributed by atoms with van der Waals surface area (Å²) in [6, 6.07) is 7.32. The first-order valence-corrected chi connectivity index (χ1v) is 7.21. The number of hydrogen-bond acceptors (Lipinski definition) is 4. The van der Waals surface area contributed by atoms with Gasteiger partial charge in [0.05, 0.1) is 24.9 Å². The Morgan fingerprint density at radius 1 is 1.19 bits per heavy atom. The van der Waals surface area contributed by atoms with Crippen molar-refractivity contribution in [1.82, 2.24) is 5.32 Å². The number of hydrogen-bond donors (Lipinski definition) is 3. The molecule has 6 heteroatoms. The lowest BCUT2D eigenvalue weighted by Crippen LogP contribution is -2.36. The standard InChI is InChI=1S/C15H21N3O3/c16-9-14(19)17-10-15(20)18-12-7-3-4-8-13(12)21-11-5-1-2-6-11/h3-4,7-8,11H,1-2,5-6,9-10,16H2,(H,17,19)(H,18,20). The van der Waals surface area contributed by atoms with Gasteiger partial charge in [-0.2, -0.15) is 0 Å². The van der Waals surface area contributed by atoms with E-state index in [9.17, 15) is 9.59 Å². The van der Waals surface area contributed by atoms with E-state index in [2.05, 4.69) is 10.6 Å². The molecule has 0 aliphatic heterocycles. The average Bonchev–Trinajstić information content (AvgIpc) is 3.00. The van der Waals surface area contributed by atoms with Crippen LogP contribution < -0.4 is 21.1 Å². The van der Waals surface area contributed by atoms with Crippen LogP contribution in [-0.2, 0) is 9.59 Å². The summed E-state index contributed by atoms with van der Waals surface area (Å²) in [5.74, 6) is 0.00261. The second-order valence-corrected chi connectivity index (χ2v) is 5.05. The Bertz CT molecular complexity index is 499. The number of amides is 2. The summed E-state index contributed by atoms with van der Waals surface area (Å²) in [6.45, 7) is -0.234. The first-order chi connectivity index (χ1) is 10.2. The van der Waals surface area contributed by atoms with Gasteiger partial charge in [-0.1, -0.05) is 12.1 Å². The van der Waals surface area contributed by atoms with Crippen molar-refractivity contribution in [2.24, 2.45) is 5.73 Å². The molecule has 1 aromatic rings. The van der Waals surface area contributed by atoms with E-state index in [4.69, 9.17) is 10.5 Å². The zero-order valence-corrected chi connectivity index (χ0v) is 11.9. The van der Waals surface area contributed by atoms with Gasteiger partial charge in [0.2, 0.25) is 11.8 Å². The quantitative estimate of drug-likeness (QED) is 0.729. The number of benzene rings is 1. The van der Waals surface area contributed by atoms with Crippen molar-refractivity contribution in [3.8, 4) is 5.75 Å². The molecule has 0 aromatic heterocycles. The largest absolute Gasteiger partial charge is 0.488 e. The molecule has 6 nitrogen and oxygen atoms in total. The number of rotatable bonds is 6. The minimum absolute atomic E-state index is 0.103. The monoisotopic (exact) mass is 291 g/mol. The number of nitrogens with two attached hydrogens (primary N) is 1. The molecule has 2 amide bonds. The lowest BCUT2D eigenvalue weighted by Gasteiger charge is -2.17. The number of para-hydroxylation sites is 2. The van der Waals surface area contributed by atoms with Crippen LogP contribution in [0.5, 0.6) is 5.75 Å². The van der Waals surface area contributed by atoms with E-state index in [1.165, 1.54) is 12.8 Å². The van der Waals surface area contributed by atoms with Gasteiger partial charge in [0.1, 0.15) is 5.75 Å². The number of carbonyl (C=O) groups excluding carboxylic acids is 2. The Kier molecular flexibility index (Phi) is 5.57. The first-order valence-electron chi connectivity index (χ1n) is 7.21. The van der Waals surface area contributed by atoms with Gasteiger partial charge in [-0.05, 0) is 37.8 Å². The highest BCUT2D eigenvalue weighted by Crippen LogP contribution is 2.29. The average molecular weight is 291 g/mol. The molecule has 1 aliphatic rings. The second-order valence-electron chi connectivity index (χ2n) is 5.05. The molecule has 1 fully saturated rings. The minimum Gasteiger partial charge on any atom is -0.488 e. The molecule has 1 aromatic carbocycles. The van der Waals surface area contributed by atoms with Crippen molar-refractivity contribution in [1.29, 1.82) is 0 Å². The summed E-state index contributed by atoms with van der Waals surface area (Å²) in [5, 5.41) is 5.17. The van der Waals surface area contributed by atoms with Crippen LogP contribution in [0.1, 0.15) is 25.7 Å². The second kappa shape index (κ2) is 7.64. The molecular formula is C15H21N3O3. The van der Waals surface area contributed by atoms with Crippen LogP contribution in [0.3, 0.4) is 0 Å². The normalized spacial score (nSPS) is 14.7. The molecule has 1 aliphatic carbocycles. The SMILES string of the molecule is NCC(=O)NCC(=O)Nc1ccccc1OC1CCCC1. The summed E-state index contributed by atoms with van der Waals surface area (Å²) in [7, 11) is 0. The predicted molar refractivity (Wildman–Crippen MR) is 80.0 cm³/mol. The highest BCUT2D eigenvalue weighted by Gasteiger charge is 2.18. The van der Waals surface area contributed by atoms with Crippen LogP contribution >= 0.6 is 0 Å². The fourth-order valence-electron chi connectivity index (χ4n) is 2.30. The van der Waals surface area contributed by atoms with E-state index in [1.54, 1.807) is 6.07 Å². The topological polar surface area (TPSA) is 93.5 Å². The maximum Gasteiger partial charge on any atom is 0.243 e. The smallest absolute Gasteiger partial charge is 0.243 e. The molecule has 0 heterocycles. The van der Waals surface area contributed by atoms with Crippen LogP contribution in [-0.4, -0.2) is 31.0 Å². The highest BCUT2D eigenvalue weighted by atomic mass is 16.5. The number of carbonyl (C=O) groups is 2. The Morgan fingerprint density at radius 3 is 2.62 bits per heavy atom. The van der Waals surface area contributed by atoms with E-state index in [0.29, 0.717) is 11.4 Å². The molecular weight excluding hydrogens is 270 g/mol. The van der Waals surface area contributed by atoms with Gasteiger partial charge in [0.25, 0.3) is 0 Å². The van der Waals surface area contributed by atoms with E-state index in [-0.39, 0.29) is 31.0 Å². The molecule has 0 spiro atoms. The molecule has 114 valence electrons. The third kappa shape index (κ3) is 4.75. The molecule has 4 N–H and O–H groups in total. The van der Waals surface area contributed by atoms with Crippen molar-refractivity contribution in [2.75, 3.05) is 18.4 Å². The highest BCUT2D eigenvalue weighted by molar-refractivity contribution is 5.95. The zero-order chi connectivity index (χ0) is 15.1. The van der Waals surface area contributed by atoms with Crippen molar-refractivity contribution in [3.05, 3.63) is 24.3 Å². The van der Waals surface area contributed by atoms with Gasteiger partial charge in [0.15, 0.2) is 0 Å². The molecule has 21 heavy (non-hydrogen) atoms. The summed E-state index contributed by atoms with van der Waals surface area (Å²) in [4.78, 5) is 22.8. The number of anilines is 1. The maximum absolute atomic E-state index is 11.8. The fourth-order valence-corrected chi connectivity index (χ4v) is 2.30.